The Hall–Kier alpha value is -3.61. The van der Waals surface area contributed by atoms with Crippen LogP contribution in [0.4, 0.5) is 5.69 Å². The van der Waals surface area contributed by atoms with E-state index in [2.05, 4.69) is 26.2 Å². The van der Waals surface area contributed by atoms with Crippen LogP contribution in [0.1, 0.15) is 16.4 Å². The second kappa shape index (κ2) is 9.71. The monoisotopic (exact) mass is 482 g/mol. The van der Waals surface area contributed by atoms with Crippen LogP contribution in [0.2, 0.25) is 0 Å². The van der Waals surface area contributed by atoms with E-state index in [1.165, 1.54) is 7.11 Å². The molecule has 2 aliphatic rings. The van der Waals surface area contributed by atoms with Crippen LogP contribution >= 0.6 is 12.2 Å². The van der Waals surface area contributed by atoms with Gasteiger partial charge in [0.05, 0.1) is 31.9 Å². The topological polar surface area (TPSA) is 122 Å². The molecule has 2 aromatic carbocycles. The second-order valence-electron chi connectivity index (χ2n) is 7.76. The molecule has 0 aliphatic carbocycles. The third-order valence-corrected chi connectivity index (χ3v) is 5.83. The maximum atomic E-state index is 11.8. The van der Waals surface area contributed by atoms with E-state index in [9.17, 15) is 4.79 Å². The minimum absolute atomic E-state index is 0.172. The van der Waals surface area contributed by atoms with Crippen molar-refractivity contribution in [2.75, 3.05) is 25.6 Å². The van der Waals surface area contributed by atoms with Crippen LogP contribution in [0, 0.1) is 0 Å². The Bertz CT molecular complexity index is 1180. The van der Waals surface area contributed by atoms with Crippen molar-refractivity contribution in [3.63, 3.8) is 0 Å². The average molecular weight is 483 g/mol. The van der Waals surface area contributed by atoms with Gasteiger partial charge in [0.2, 0.25) is 0 Å². The Morgan fingerprint density at radius 3 is 2.76 bits per heavy atom. The zero-order valence-electron chi connectivity index (χ0n) is 18.2. The number of fused-ring (bicyclic) bond motifs is 1. The van der Waals surface area contributed by atoms with Gasteiger partial charge in [-0.1, -0.05) is 29.4 Å². The molecule has 1 aromatic heterocycles. The molecule has 176 valence electrons. The number of benzene rings is 2. The van der Waals surface area contributed by atoms with Crippen molar-refractivity contribution in [2.45, 2.75) is 24.3 Å². The number of anilines is 1. The number of ether oxygens (including phenoxy) is 4. The first-order chi connectivity index (χ1) is 16.6. The first kappa shape index (κ1) is 22.2. The average Bonchev–Trinajstić information content (AvgIpc) is 3.57. The van der Waals surface area contributed by atoms with Gasteiger partial charge in [0.15, 0.2) is 5.11 Å². The molecule has 2 fully saturated rings. The van der Waals surface area contributed by atoms with Gasteiger partial charge in [-0.15, -0.1) is 0 Å². The molecular formula is C22H22N6O5S. The lowest BCUT2D eigenvalue weighted by molar-refractivity contribution is 0.0600. The van der Waals surface area contributed by atoms with Gasteiger partial charge in [-0.3, -0.25) is 0 Å². The smallest absolute Gasteiger partial charge is 0.341 e. The first-order valence-electron chi connectivity index (χ1n) is 10.6. The molecular weight excluding hydrogens is 460 g/mol. The summed E-state index contributed by atoms with van der Waals surface area (Å²) in [4.78, 5) is 11.8. The van der Waals surface area contributed by atoms with E-state index in [-0.39, 0.29) is 30.3 Å². The van der Waals surface area contributed by atoms with Crippen LogP contribution in [0.5, 0.6) is 11.8 Å². The minimum Gasteiger partial charge on any atom is -0.465 e. The van der Waals surface area contributed by atoms with Crippen molar-refractivity contribution in [1.82, 2.24) is 25.5 Å². The zero-order valence-corrected chi connectivity index (χ0v) is 19.0. The third kappa shape index (κ3) is 4.55. The molecule has 2 saturated heterocycles. The number of nitrogens with zero attached hydrogens (tertiary/aromatic N) is 4. The predicted octanol–water partition coefficient (Wildman–Crippen LogP) is 1.95. The van der Waals surface area contributed by atoms with E-state index in [0.717, 1.165) is 0 Å². The summed E-state index contributed by atoms with van der Waals surface area (Å²) in [6, 6.07) is 16.0. The number of thiocarbonyl (C=S) groups is 1. The molecule has 4 atom stereocenters. The molecule has 2 aliphatic heterocycles. The highest BCUT2D eigenvalue weighted by atomic mass is 32.1. The van der Waals surface area contributed by atoms with Crippen molar-refractivity contribution in [3.8, 4) is 11.8 Å². The number of hydrogen-bond acceptors (Lipinski definition) is 9. The van der Waals surface area contributed by atoms with Gasteiger partial charge in [0, 0.05) is 5.69 Å². The Kier molecular flexibility index (Phi) is 6.34. The van der Waals surface area contributed by atoms with Crippen LogP contribution in [0.15, 0.2) is 54.6 Å². The predicted molar refractivity (Wildman–Crippen MR) is 124 cm³/mol. The number of carbonyl (C=O) groups excluding carboxylic acids is 1. The normalized spacial score (nSPS) is 23.2. The molecule has 12 heteroatoms. The van der Waals surface area contributed by atoms with Crippen LogP contribution in [0.3, 0.4) is 0 Å². The minimum atomic E-state index is -0.418. The molecule has 11 nitrogen and oxygen atoms in total. The standard InChI is InChI=1S/C22H22N6O5S/c1-30-20(29)13-6-5-7-14(10-13)23-21(34)24-16-11-31-19-17(12-32-18(16)19)28-22(25-26-27-28)33-15-8-3-2-4-9-15/h2-10,16-19H,11-12H2,1H3,(H2,23,24,34)/t16-,17-,18+,19+/m0/s1. The SMILES string of the molecule is COC(=O)c1cccc(NC(=S)N[C@H]2CO[C@H]3[C@@H]2OC[C@@H]3n2nnnc2Oc2ccccc2)c1. The summed E-state index contributed by atoms with van der Waals surface area (Å²) in [6.07, 6.45) is -0.524. The summed E-state index contributed by atoms with van der Waals surface area (Å²) in [7, 11) is 1.34. The summed E-state index contributed by atoms with van der Waals surface area (Å²) in [6.45, 7) is 0.762. The number of aromatic nitrogens is 4. The molecule has 3 heterocycles. The molecule has 0 unspecified atom stereocenters. The van der Waals surface area contributed by atoms with Crippen LogP contribution in [0.25, 0.3) is 0 Å². The molecule has 0 spiro atoms. The number of esters is 1. The Morgan fingerprint density at radius 1 is 1.12 bits per heavy atom. The lowest BCUT2D eigenvalue weighted by Crippen LogP contribution is -2.45. The Morgan fingerprint density at radius 2 is 1.94 bits per heavy atom. The van der Waals surface area contributed by atoms with Gasteiger partial charge in [-0.05, 0) is 53.0 Å². The summed E-state index contributed by atoms with van der Waals surface area (Å²) in [5, 5.41) is 18.6. The van der Waals surface area contributed by atoms with E-state index in [1.54, 1.807) is 22.9 Å². The third-order valence-electron chi connectivity index (χ3n) is 5.61. The van der Waals surface area contributed by atoms with Gasteiger partial charge >= 0.3 is 12.0 Å². The highest BCUT2D eigenvalue weighted by Crippen LogP contribution is 2.36. The molecule has 0 amide bonds. The van der Waals surface area contributed by atoms with E-state index in [1.807, 2.05) is 36.4 Å². The molecule has 34 heavy (non-hydrogen) atoms. The Balaban J connectivity index is 1.22. The summed E-state index contributed by atoms with van der Waals surface area (Å²) in [5.41, 5.74) is 1.09. The maximum Gasteiger partial charge on any atom is 0.341 e. The van der Waals surface area contributed by atoms with Gasteiger partial charge < -0.3 is 29.6 Å². The summed E-state index contributed by atoms with van der Waals surface area (Å²) < 4.78 is 24.3. The summed E-state index contributed by atoms with van der Waals surface area (Å²) in [5.74, 6) is 0.215. The van der Waals surface area contributed by atoms with Crippen LogP contribution < -0.4 is 15.4 Å². The molecule has 3 aromatic rings. The lowest BCUT2D eigenvalue weighted by Gasteiger charge is -2.20. The Labute approximate surface area is 200 Å². The van der Waals surface area contributed by atoms with Crippen molar-refractivity contribution < 1.29 is 23.7 Å². The quantitative estimate of drug-likeness (QED) is 0.396. The number of carbonyl (C=O) groups is 1. The van der Waals surface area contributed by atoms with Gasteiger partial charge in [-0.25, -0.2) is 4.79 Å². The fourth-order valence-corrected chi connectivity index (χ4v) is 4.31. The first-order valence-corrected chi connectivity index (χ1v) is 11.0. The second-order valence-corrected chi connectivity index (χ2v) is 8.17. The van der Waals surface area contributed by atoms with Crippen molar-refractivity contribution in [1.29, 1.82) is 0 Å². The molecule has 0 radical (unpaired) electrons. The van der Waals surface area contributed by atoms with E-state index in [4.69, 9.17) is 31.2 Å². The molecule has 0 saturated carbocycles. The number of methoxy groups -OCH3 is 1. The zero-order chi connectivity index (χ0) is 23.5. The summed E-state index contributed by atoms with van der Waals surface area (Å²) >= 11 is 5.47. The number of tetrazole rings is 1. The highest BCUT2D eigenvalue weighted by Gasteiger charge is 2.50. The van der Waals surface area contributed by atoms with Gasteiger partial charge in [0.1, 0.15) is 24.0 Å². The number of para-hydroxylation sites is 1. The maximum absolute atomic E-state index is 11.8. The van der Waals surface area contributed by atoms with Crippen LogP contribution in [-0.2, 0) is 14.2 Å². The van der Waals surface area contributed by atoms with Gasteiger partial charge in [-0.2, -0.15) is 4.68 Å². The number of rotatable bonds is 6. The van der Waals surface area contributed by atoms with Crippen molar-refractivity contribution in [3.05, 3.63) is 60.2 Å². The molecule has 0 bridgehead atoms. The fraction of sp³-hybridized carbons (Fsp3) is 0.318. The van der Waals surface area contributed by atoms with E-state index < -0.39 is 5.97 Å². The van der Waals surface area contributed by atoms with E-state index in [0.29, 0.717) is 35.3 Å². The van der Waals surface area contributed by atoms with Gasteiger partial charge in [0.25, 0.3) is 0 Å². The highest BCUT2D eigenvalue weighted by molar-refractivity contribution is 7.80. The van der Waals surface area contributed by atoms with Crippen molar-refractivity contribution in [2.24, 2.45) is 0 Å². The number of hydrogen-bond donors (Lipinski definition) is 2. The molecule has 5 rings (SSSR count). The number of nitrogens with one attached hydrogen (secondary N) is 2. The molecule has 2 N–H and O–H groups in total. The van der Waals surface area contributed by atoms with Crippen LogP contribution in [-0.4, -0.2) is 69.9 Å². The van der Waals surface area contributed by atoms with E-state index >= 15 is 0 Å². The van der Waals surface area contributed by atoms with Crippen molar-refractivity contribution >= 4 is 29.0 Å². The largest absolute Gasteiger partial charge is 0.465 e. The lowest BCUT2D eigenvalue weighted by atomic mass is 10.1. The fourth-order valence-electron chi connectivity index (χ4n) is 4.04.